The molecule has 2 atom stereocenters. The Balaban J connectivity index is 2.57. The Morgan fingerprint density at radius 3 is 2.94 bits per heavy atom. The minimum Gasteiger partial charge on any atom is -0.370 e. The van der Waals surface area contributed by atoms with Gasteiger partial charge in [-0.1, -0.05) is 13.3 Å². The highest BCUT2D eigenvalue weighted by Gasteiger charge is 2.40. The third-order valence-corrected chi connectivity index (χ3v) is 3.58. The van der Waals surface area contributed by atoms with Crippen LogP contribution in [0.3, 0.4) is 0 Å². The van der Waals surface area contributed by atoms with Crippen molar-refractivity contribution in [1.82, 2.24) is 0 Å². The van der Waals surface area contributed by atoms with Crippen LogP contribution < -0.4 is 0 Å². The summed E-state index contributed by atoms with van der Waals surface area (Å²) in [5, 5.41) is 0. The molecule has 0 aromatic carbocycles. The Morgan fingerprint density at radius 2 is 2.38 bits per heavy atom. The van der Waals surface area contributed by atoms with Crippen molar-refractivity contribution in [1.29, 1.82) is 0 Å². The highest BCUT2D eigenvalue weighted by Crippen LogP contribution is 2.36. The largest absolute Gasteiger partial charge is 0.370 e. The van der Waals surface area contributed by atoms with E-state index < -0.39 is 5.60 Å². The number of ketones is 1. The number of unbranched alkanes of at least 4 members (excludes halogenated alkanes) is 1. The normalized spacial score (nSPS) is 29.7. The molecule has 1 rings (SSSR count). The van der Waals surface area contributed by atoms with Crippen LogP contribution >= 0.6 is 0 Å². The summed E-state index contributed by atoms with van der Waals surface area (Å²) >= 11 is 0. The summed E-state index contributed by atoms with van der Waals surface area (Å²) in [7, 11) is 1.66. The number of Topliss-reactive ketones (excluding diaryl/α,β-unsaturated/α-hetero) is 1. The summed E-state index contributed by atoms with van der Waals surface area (Å²) in [5.41, 5.74) is -0.508. The van der Waals surface area contributed by atoms with Crippen molar-refractivity contribution < 1.29 is 9.53 Å². The molecule has 0 radical (unpaired) electrons. The molecule has 0 heterocycles. The van der Waals surface area contributed by atoms with E-state index in [1.807, 2.05) is 0 Å². The molecule has 1 fully saturated rings. The smallest absolute Gasteiger partial charge is 0.164 e. The lowest BCUT2D eigenvalue weighted by molar-refractivity contribution is -0.147. The third kappa shape index (κ3) is 3.09. The molecular formula is C14H22O2. The first-order valence-electron chi connectivity index (χ1n) is 6.16. The van der Waals surface area contributed by atoms with E-state index in [0.717, 1.165) is 25.7 Å². The van der Waals surface area contributed by atoms with Crippen LogP contribution in [0.15, 0.2) is 0 Å². The number of carbonyl (C=O) groups excluding carboxylic acids is 1. The molecule has 0 bridgehead atoms. The monoisotopic (exact) mass is 222 g/mol. The maximum atomic E-state index is 12.2. The van der Waals surface area contributed by atoms with E-state index in [4.69, 9.17) is 11.2 Å². The first-order valence-corrected chi connectivity index (χ1v) is 6.16. The van der Waals surface area contributed by atoms with Gasteiger partial charge in [0.05, 0.1) is 0 Å². The topological polar surface area (TPSA) is 26.3 Å². The standard InChI is InChI=1S/C14H22O2/c1-4-5-6-9-13(15)14(16-3)10-7-8-12(2)11-14/h1,12H,5-11H2,2-3H3. The van der Waals surface area contributed by atoms with Gasteiger partial charge in [0.1, 0.15) is 5.60 Å². The molecule has 90 valence electrons. The van der Waals surface area contributed by atoms with E-state index in [1.165, 1.54) is 6.42 Å². The fourth-order valence-corrected chi connectivity index (χ4v) is 2.63. The molecule has 2 heteroatoms. The molecule has 0 aliphatic heterocycles. The zero-order chi connectivity index (χ0) is 12.0. The molecule has 0 aromatic rings. The van der Waals surface area contributed by atoms with Crippen molar-refractivity contribution in [2.24, 2.45) is 5.92 Å². The summed E-state index contributed by atoms with van der Waals surface area (Å²) in [6.45, 7) is 2.20. The molecule has 0 saturated heterocycles. The molecule has 0 spiro atoms. The summed E-state index contributed by atoms with van der Waals surface area (Å²) in [6.07, 6.45) is 11.3. The van der Waals surface area contributed by atoms with E-state index in [0.29, 0.717) is 18.8 Å². The lowest BCUT2D eigenvalue weighted by atomic mass is 9.75. The number of rotatable bonds is 5. The van der Waals surface area contributed by atoms with Crippen molar-refractivity contribution in [3.8, 4) is 12.3 Å². The van der Waals surface area contributed by atoms with E-state index in [-0.39, 0.29) is 5.78 Å². The van der Waals surface area contributed by atoms with Crippen LogP contribution in [0.2, 0.25) is 0 Å². The fourth-order valence-electron chi connectivity index (χ4n) is 2.63. The molecular weight excluding hydrogens is 200 g/mol. The highest BCUT2D eigenvalue weighted by molar-refractivity contribution is 5.87. The van der Waals surface area contributed by atoms with Crippen molar-refractivity contribution in [3.63, 3.8) is 0 Å². The van der Waals surface area contributed by atoms with Crippen LogP contribution in [0.4, 0.5) is 0 Å². The first kappa shape index (κ1) is 13.3. The van der Waals surface area contributed by atoms with Gasteiger partial charge in [-0.15, -0.1) is 12.3 Å². The van der Waals surface area contributed by atoms with Crippen molar-refractivity contribution in [2.45, 2.75) is 57.5 Å². The van der Waals surface area contributed by atoms with Crippen LogP contribution in [-0.4, -0.2) is 18.5 Å². The second-order valence-corrected chi connectivity index (χ2v) is 4.88. The number of carbonyl (C=O) groups is 1. The van der Waals surface area contributed by atoms with Gasteiger partial charge in [0.25, 0.3) is 0 Å². The third-order valence-electron chi connectivity index (χ3n) is 3.58. The maximum Gasteiger partial charge on any atom is 0.164 e. The van der Waals surface area contributed by atoms with Crippen LogP contribution in [-0.2, 0) is 9.53 Å². The van der Waals surface area contributed by atoms with Crippen LogP contribution in [0, 0.1) is 18.3 Å². The fraction of sp³-hybridized carbons (Fsp3) is 0.786. The molecule has 16 heavy (non-hydrogen) atoms. The molecule has 2 nitrogen and oxygen atoms in total. The van der Waals surface area contributed by atoms with Gasteiger partial charge < -0.3 is 4.74 Å². The second-order valence-electron chi connectivity index (χ2n) is 4.88. The van der Waals surface area contributed by atoms with Gasteiger partial charge in [-0.3, -0.25) is 4.79 Å². The average Bonchev–Trinajstić information content (AvgIpc) is 2.29. The Bertz CT molecular complexity index is 277. The minimum absolute atomic E-state index is 0.247. The molecule has 2 unspecified atom stereocenters. The van der Waals surface area contributed by atoms with Gasteiger partial charge in [-0.05, 0) is 31.6 Å². The number of terminal acetylenes is 1. The van der Waals surface area contributed by atoms with Crippen molar-refractivity contribution in [3.05, 3.63) is 0 Å². The van der Waals surface area contributed by atoms with Gasteiger partial charge in [0.15, 0.2) is 5.78 Å². The molecule has 0 aromatic heterocycles. The van der Waals surface area contributed by atoms with Gasteiger partial charge in [-0.2, -0.15) is 0 Å². The molecule has 1 saturated carbocycles. The van der Waals surface area contributed by atoms with Crippen LogP contribution in [0.5, 0.6) is 0 Å². The lowest BCUT2D eigenvalue weighted by Gasteiger charge is -2.37. The summed E-state index contributed by atoms with van der Waals surface area (Å²) in [5.74, 6) is 3.41. The van der Waals surface area contributed by atoms with Gasteiger partial charge in [-0.25, -0.2) is 0 Å². The predicted octanol–water partition coefficient (Wildman–Crippen LogP) is 2.95. The van der Waals surface area contributed by atoms with Gasteiger partial charge in [0, 0.05) is 20.0 Å². The Morgan fingerprint density at radius 1 is 1.62 bits per heavy atom. The Kier molecular flexibility index (Phi) is 5.02. The number of hydrogen-bond acceptors (Lipinski definition) is 2. The predicted molar refractivity (Wildman–Crippen MR) is 65.1 cm³/mol. The molecule has 0 amide bonds. The lowest BCUT2D eigenvalue weighted by Crippen LogP contribution is -2.44. The van der Waals surface area contributed by atoms with E-state index in [2.05, 4.69) is 12.8 Å². The minimum atomic E-state index is -0.508. The van der Waals surface area contributed by atoms with Crippen molar-refractivity contribution >= 4 is 5.78 Å². The summed E-state index contributed by atoms with van der Waals surface area (Å²) < 4.78 is 5.54. The second kappa shape index (κ2) is 6.06. The first-order chi connectivity index (χ1) is 7.64. The molecule has 1 aliphatic carbocycles. The van der Waals surface area contributed by atoms with Gasteiger partial charge >= 0.3 is 0 Å². The molecule has 0 N–H and O–H groups in total. The Labute approximate surface area is 98.8 Å². The average molecular weight is 222 g/mol. The zero-order valence-electron chi connectivity index (χ0n) is 10.4. The summed E-state index contributed by atoms with van der Waals surface area (Å²) in [4.78, 5) is 12.2. The van der Waals surface area contributed by atoms with E-state index in [1.54, 1.807) is 7.11 Å². The number of methoxy groups -OCH3 is 1. The number of ether oxygens (including phenoxy) is 1. The SMILES string of the molecule is C#CCCCC(=O)C1(OC)CCCC(C)C1. The maximum absolute atomic E-state index is 12.2. The zero-order valence-corrected chi connectivity index (χ0v) is 10.4. The Hall–Kier alpha value is -0.810. The quantitative estimate of drug-likeness (QED) is 0.528. The van der Waals surface area contributed by atoms with E-state index >= 15 is 0 Å². The van der Waals surface area contributed by atoms with Gasteiger partial charge in [0.2, 0.25) is 0 Å². The summed E-state index contributed by atoms with van der Waals surface area (Å²) in [6, 6.07) is 0. The number of hydrogen-bond donors (Lipinski definition) is 0. The van der Waals surface area contributed by atoms with Crippen LogP contribution in [0.1, 0.15) is 51.9 Å². The van der Waals surface area contributed by atoms with Crippen LogP contribution in [0.25, 0.3) is 0 Å². The highest BCUT2D eigenvalue weighted by atomic mass is 16.5. The van der Waals surface area contributed by atoms with E-state index in [9.17, 15) is 4.79 Å². The van der Waals surface area contributed by atoms with Crippen molar-refractivity contribution in [2.75, 3.05) is 7.11 Å². The molecule has 1 aliphatic rings.